The Labute approximate surface area is 78.1 Å². The minimum Gasteiger partial charge on any atom is -0.479 e. The Morgan fingerprint density at radius 1 is 1.46 bits per heavy atom. The van der Waals surface area contributed by atoms with Gasteiger partial charge in [0.1, 0.15) is 0 Å². The lowest BCUT2D eigenvalue weighted by molar-refractivity contribution is -0.164. The molecule has 0 saturated heterocycles. The Hall–Kier alpha value is -0.830. The topological polar surface area (TPSA) is 57.5 Å². The van der Waals surface area contributed by atoms with Crippen molar-refractivity contribution < 1.29 is 15.0 Å². The molecule has 0 bridgehead atoms. The summed E-state index contributed by atoms with van der Waals surface area (Å²) in [5.41, 5.74) is 0.658. The van der Waals surface area contributed by atoms with E-state index in [1.54, 1.807) is 6.92 Å². The van der Waals surface area contributed by atoms with Crippen molar-refractivity contribution in [2.75, 3.05) is 0 Å². The minimum absolute atomic E-state index is 0.200. The van der Waals surface area contributed by atoms with Crippen molar-refractivity contribution in [3.8, 4) is 0 Å². The molecule has 0 aromatic carbocycles. The Morgan fingerprint density at radius 2 is 2.00 bits per heavy atom. The molecule has 2 N–H and O–H groups in total. The van der Waals surface area contributed by atoms with Gasteiger partial charge < -0.3 is 10.2 Å². The minimum atomic E-state index is -1.55. The van der Waals surface area contributed by atoms with Crippen LogP contribution >= 0.6 is 0 Å². The van der Waals surface area contributed by atoms with Crippen LogP contribution in [-0.4, -0.2) is 21.8 Å². The Balaban J connectivity index is 2.99. The first-order chi connectivity index (χ1) is 5.88. The molecule has 3 heteroatoms. The third-order valence-corrected chi connectivity index (χ3v) is 3.06. The lowest BCUT2D eigenvalue weighted by atomic mass is 9.74. The van der Waals surface area contributed by atoms with Gasteiger partial charge in [0.15, 0.2) is 5.60 Å². The van der Waals surface area contributed by atoms with E-state index in [1.807, 2.05) is 13.8 Å². The van der Waals surface area contributed by atoms with E-state index in [9.17, 15) is 9.90 Å². The summed E-state index contributed by atoms with van der Waals surface area (Å²) in [6, 6.07) is 0. The predicted molar refractivity (Wildman–Crippen MR) is 49.4 cm³/mol. The standard InChI is InChI=1S/C10H16O3/c1-6-4-8(3)10(13,9(11)12)5-7(6)2/h8,13H,4-5H2,1-3H3,(H,11,12)/t8-,10-/m1/s1. The molecule has 1 rings (SSSR count). The number of carbonyl (C=O) groups is 1. The summed E-state index contributed by atoms with van der Waals surface area (Å²) < 4.78 is 0. The van der Waals surface area contributed by atoms with Crippen LogP contribution in [0.3, 0.4) is 0 Å². The average Bonchev–Trinajstić information content (AvgIpc) is 2.01. The van der Waals surface area contributed by atoms with Crippen molar-refractivity contribution in [1.82, 2.24) is 0 Å². The number of hydrogen-bond donors (Lipinski definition) is 2. The first kappa shape index (κ1) is 10.3. The summed E-state index contributed by atoms with van der Waals surface area (Å²) in [5.74, 6) is -1.31. The molecule has 0 amide bonds. The molecule has 0 saturated carbocycles. The van der Waals surface area contributed by atoms with Crippen molar-refractivity contribution in [2.45, 2.75) is 39.2 Å². The highest BCUT2D eigenvalue weighted by Crippen LogP contribution is 2.36. The molecule has 1 aliphatic rings. The Bertz CT molecular complexity index is 267. The molecular formula is C10H16O3. The molecule has 74 valence electrons. The number of carboxylic acid groups (broad SMARTS) is 1. The van der Waals surface area contributed by atoms with Crippen molar-refractivity contribution in [3.05, 3.63) is 11.1 Å². The number of aliphatic hydroxyl groups is 1. The van der Waals surface area contributed by atoms with Gasteiger partial charge in [0.25, 0.3) is 0 Å². The van der Waals surface area contributed by atoms with Crippen LogP contribution in [0.2, 0.25) is 0 Å². The highest BCUT2D eigenvalue weighted by atomic mass is 16.4. The molecule has 1 aliphatic carbocycles. The highest BCUT2D eigenvalue weighted by molar-refractivity contribution is 5.78. The van der Waals surface area contributed by atoms with Crippen LogP contribution in [0.25, 0.3) is 0 Å². The predicted octanol–water partition coefficient (Wildman–Crippen LogP) is 1.57. The van der Waals surface area contributed by atoms with Gasteiger partial charge in [-0.05, 0) is 26.2 Å². The zero-order chi connectivity index (χ0) is 10.2. The van der Waals surface area contributed by atoms with Crippen LogP contribution in [0.5, 0.6) is 0 Å². The first-order valence-electron chi connectivity index (χ1n) is 4.49. The third-order valence-electron chi connectivity index (χ3n) is 3.06. The van der Waals surface area contributed by atoms with Crippen LogP contribution in [-0.2, 0) is 4.79 Å². The van der Waals surface area contributed by atoms with Crippen molar-refractivity contribution in [2.24, 2.45) is 5.92 Å². The van der Waals surface area contributed by atoms with Gasteiger partial charge in [0.05, 0.1) is 0 Å². The second-order valence-corrected chi connectivity index (χ2v) is 4.07. The molecule has 13 heavy (non-hydrogen) atoms. The fourth-order valence-corrected chi connectivity index (χ4v) is 1.82. The SMILES string of the molecule is CC1=C(C)C[C@](O)(C(=O)O)[C@H](C)C1. The highest BCUT2D eigenvalue weighted by Gasteiger charge is 2.44. The molecule has 0 aliphatic heterocycles. The van der Waals surface area contributed by atoms with E-state index < -0.39 is 11.6 Å². The van der Waals surface area contributed by atoms with Gasteiger partial charge >= 0.3 is 5.97 Å². The molecule has 0 fully saturated rings. The molecule has 0 aromatic heterocycles. The lowest BCUT2D eigenvalue weighted by Gasteiger charge is -2.35. The molecule has 2 atom stereocenters. The van der Waals surface area contributed by atoms with Crippen LogP contribution in [0.1, 0.15) is 33.6 Å². The molecule has 0 unspecified atom stereocenters. The molecule has 0 aromatic rings. The van der Waals surface area contributed by atoms with Crippen molar-refractivity contribution >= 4 is 5.97 Å². The van der Waals surface area contributed by atoms with Gasteiger partial charge in [0.2, 0.25) is 0 Å². The lowest BCUT2D eigenvalue weighted by Crippen LogP contribution is -2.47. The summed E-state index contributed by atoms with van der Waals surface area (Å²) in [6.07, 6.45) is 0.934. The molecular weight excluding hydrogens is 168 g/mol. The number of rotatable bonds is 1. The van der Waals surface area contributed by atoms with E-state index in [0.29, 0.717) is 6.42 Å². The number of hydrogen-bond acceptors (Lipinski definition) is 2. The summed E-state index contributed by atoms with van der Waals surface area (Å²) in [7, 11) is 0. The van der Waals surface area contributed by atoms with Gasteiger partial charge in [-0.1, -0.05) is 18.1 Å². The van der Waals surface area contributed by atoms with E-state index in [0.717, 1.165) is 5.57 Å². The van der Waals surface area contributed by atoms with Gasteiger partial charge in [0, 0.05) is 6.42 Å². The summed E-state index contributed by atoms with van der Waals surface area (Å²) in [6.45, 7) is 5.66. The quantitative estimate of drug-likeness (QED) is 0.608. The van der Waals surface area contributed by atoms with Crippen molar-refractivity contribution in [1.29, 1.82) is 0 Å². The monoisotopic (exact) mass is 184 g/mol. The maximum absolute atomic E-state index is 10.9. The average molecular weight is 184 g/mol. The Morgan fingerprint density at radius 3 is 2.46 bits per heavy atom. The van der Waals surface area contributed by atoms with Gasteiger partial charge in [-0.3, -0.25) is 0 Å². The van der Waals surface area contributed by atoms with Gasteiger partial charge in [-0.2, -0.15) is 0 Å². The van der Waals surface area contributed by atoms with Crippen LogP contribution in [0, 0.1) is 5.92 Å². The van der Waals surface area contributed by atoms with E-state index in [2.05, 4.69) is 0 Å². The largest absolute Gasteiger partial charge is 0.479 e. The van der Waals surface area contributed by atoms with Crippen molar-refractivity contribution in [3.63, 3.8) is 0 Å². The zero-order valence-electron chi connectivity index (χ0n) is 8.29. The molecule has 0 radical (unpaired) electrons. The van der Waals surface area contributed by atoms with E-state index in [-0.39, 0.29) is 12.3 Å². The van der Waals surface area contributed by atoms with Gasteiger partial charge in [-0.25, -0.2) is 4.79 Å². The molecule has 0 heterocycles. The third kappa shape index (κ3) is 1.61. The van der Waals surface area contributed by atoms with Gasteiger partial charge in [-0.15, -0.1) is 0 Å². The van der Waals surface area contributed by atoms with Crippen LogP contribution < -0.4 is 0 Å². The smallest absolute Gasteiger partial charge is 0.336 e. The fourth-order valence-electron chi connectivity index (χ4n) is 1.82. The fraction of sp³-hybridized carbons (Fsp3) is 0.700. The maximum atomic E-state index is 10.9. The normalized spacial score (nSPS) is 34.9. The molecule has 3 nitrogen and oxygen atoms in total. The van der Waals surface area contributed by atoms with Crippen LogP contribution in [0.4, 0.5) is 0 Å². The molecule has 0 spiro atoms. The Kier molecular flexibility index (Phi) is 2.48. The zero-order valence-corrected chi connectivity index (χ0v) is 8.29. The summed E-state index contributed by atoms with van der Waals surface area (Å²) in [5, 5.41) is 18.8. The second-order valence-electron chi connectivity index (χ2n) is 4.07. The second kappa shape index (κ2) is 3.14. The van der Waals surface area contributed by atoms with E-state index in [4.69, 9.17) is 5.11 Å². The van der Waals surface area contributed by atoms with E-state index >= 15 is 0 Å². The summed E-state index contributed by atoms with van der Waals surface area (Å²) in [4.78, 5) is 10.9. The van der Waals surface area contributed by atoms with Crippen LogP contribution in [0.15, 0.2) is 11.1 Å². The number of carboxylic acids is 1. The van der Waals surface area contributed by atoms with E-state index in [1.165, 1.54) is 5.57 Å². The first-order valence-corrected chi connectivity index (χ1v) is 4.49. The number of aliphatic carboxylic acids is 1. The summed E-state index contributed by atoms with van der Waals surface area (Å²) >= 11 is 0. The maximum Gasteiger partial charge on any atom is 0.336 e. The number of allylic oxidation sites excluding steroid dienone is 1.